The van der Waals surface area contributed by atoms with E-state index in [1.165, 1.54) is 23.5 Å². The van der Waals surface area contributed by atoms with Gasteiger partial charge in [-0.25, -0.2) is 4.98 Å². The summed E-state index contributed by atoms with van der Waals surface area (Å²) in [6.07, 6.45) is 0.200. The van der Waals surface area contributed by atoms with Crippen LogP contribution in [-0.2, 0) is 9.47 Å². The van der Waals surface area contributed by atoms with Crippen molar-refractivity contribution in [3.05, 3.63) is 58.6 Å². The fourth-order valence-electron chi connectivity index (χ4n) is 3.25. The summed E-state index contributed by atoms with van der Waals surface area (Å²) < 4.78 is 16.4. The van der Waals surface area contributed by atoms with Crippen molar-refractivity contribution >= 4 is 32.8 Å². The second kappa shape index (κ2) is 9.61. The third kappa shape index (κ3) is 5.33. The molecule has 2 aliphatic rings. The molecule has 0 bridgehead atoms. The first-order valence-electron chi connectivity index (χ1n) is 10.5. The summed E-state index contributed by atoms with van der Waals surface area (Å²) in [5.74, 6) is 0.770. The van der Waals surface area contributed by atoms with E-state index in [9.17, 15) is 10.1 Å². The number of morpholine rings is 1. The summed E-state index contributed by atoms with van der Waals surface area (Å²) >= 11 is 1.46. The Morgan fingerprint density at radius 3 is 2.52 bits per heavy atom. The van der Waals surface area contributed by atoms with Crippen molar-refractivity contribution < 1.29 is 19.1 Å². The lowest BCUT2D eigenvalue weighted by Crippen LogP contribution is -2.36. The summed E-state index contributed by atoms with van der Waals surface area (Å²) in [5, 5.41) is 21.1. The van der Waals surface area contributed by atoms with Gasteiger partial charge in [0.2, 0.25) is 0 Å². The molecule has 5 rings (SSSR count). The number of nitrogens with zero attached hydrogens (tertiary/aromatic N) is 5. The van der Waals surface area contributed by atoms with E-state index in [2.05, 4.69) is 15.1 Å². The Morgan fingerprint density at radius 2 is 1.85 bits per heavy atom. The molecule has 0 unspecified atom stereocenters. The minimum atomic E-state index is -0.443. The van der Waals surface area contributed by atoms with E-state index in [0.717, 1.165) is 41.8 Å². The molecule has 0 radical (unpaired) electrons. The van der Waals surface area contributed by atoms with Gasteiger partial charge >= 0.3 is 0 Å². The Bertz CT molecular complexity index is 1140. The zero-order chi connectivity index (χ0) is 22.6. The molecule has 170 valence electrons. The van der Waals surface area contributed by atoms with Crippen LogP contribution in [0.5, 0.6) is 5.75 Å². The van der Waals surface area contributed by atoms with Crippen LogP contribution in [0.25, 0.3) is 11.3 Å². The molecule has 3 heterocycles. The largest absolute Gasteiger partial charge is 0.491 e. The van der Waals surface area contributed by atoms with E-state index in [0.29, 0.717) is 30.5 Å². The Labute approximate surface area is 193 Å². The number of hydrogen-bond acceptors (Lipinski definition) is 10. The number of hydrogen-bond donors (Lipinski definition) is 0. The van der Waals surface area contributed by atoms with Gasteiger partial charge in [0.25, 0.3) is 5.69 Å². The maximum atomic E-state index is 10.9. The summed E-state index contributed by atoms with van der Waals surface area (Å²) in [6.45, 7) is 4.15. The van der Waals surface area contributed by atoms with Crippen LogP contribution in [-0.4, -0.2) is 55.5 Å². The predicted molar refractivity (Wildman–Crippen MR) is 123 cm³/mol. The molecule has 3 aromatic rings. The molecule has 1 aromatic heterocycles. The number of nitro benzene ring substituents is 1. The molecule has 33 heavy (non-hydrogen) atoms. The smallest absolute Gasteiger partial charge is 0.269 e. The number of thiazole rings is 1. The van der Waals surface area contributed by atoms with Crippen LogP contribution in [0, 0.1) is 10.1 Å². The fourth-order valence-corrected chi connectivity index (χ4v) is 4.22. The van der Waals surface area contributed by atoms with Crippen molar-refractivity contribution in [3.8, 4) is 17.0 Å². The third-order valence-electron chi connectivity index (χ3n) is 5.16. The van der Waals surface area contributed by atoms with E-state index in [-0.39, 0.29) is 11.8 Å². The number of rotatable bonds is 8. The molecule has 2 saturated heterocycles. The van der Waals surface area contributed by atoms with Gasteiger partial charge in [0.1, 0.15) is 24.2 Å². The van der Waals surface area contributed by atoms with E-state index in [1.54, 1.807) is 12.1 Å². The highest BCUT2D eigenvalue weighted by molar-refractivity contribution is 7.19. The van der Waals surface area contributed by atoms with E-state index >= 15 is 0 Å². The van der Waals surface area contributed by atoms with E-state index < -0.39 is 4.92 Å². The van der Waals surface area contributed by atoms with Gasteiger partial charge in [0.15, 0.2) is 10.1 Å². The lowest BCUT2D eigenvalue weighted by molar-refractivity contribution is -0.384. The van der Waals surface area contributed by atoms with Gasteiger partial charge in [-0.1, -0.05) is 11.3 Å². The van der Waals surface area contributed by atoms with Crippen LogP contribution in [0.15, 0.2) is 58.8 Å². The summed E-state index contributed by atoms with van der Waals surface area (Å²) in [6, 6.07) is 13.7. The number of non-ortho nitro benzene ring substituents is 1. The first-order valence-corrected chi connectivity index (χ1v) is 11.3. The number of anilines is 1. The molecule has 0 spiro atoms. The van der Waals surface area contributed by atoms with Crippen LogP contribution in [0.3, 0.4) is 0 Å². The SMILES string of the molecule is O=[N+]([O-])c1ccc(N=Nc2sc(N3CCOCC3)nc2-c2ccc(OC[C@@H]3CO3)cc2)cc1. The molecule has 10 nitrogen and oxygen atoms in total. The molecule has 0 aliphatic carbocycles. The van der Waals surface area contributed by atoms with E-state index in [4.69, 9.17) is 19.2 Å². The lowest BCUT2D eigenvalue weighted by atomic mass is 10.1. The van der Waals surface area contributed by atoms with Crippen LogP contribution < -0.4 is 9.64 Å². The molecule has 0 N–H and O–H groups in total. The molecular weight excluding hydrogens is 446 g/mol. The van der Waals surface area contributed by atoms with Gasteiger partial charge < -0.3 is 19.1 Å². The Hall–Kier alpha value is -3.41. The Balaban J connectivity index is 1.41. The quantitative estimate of drug-likeness (QED) is 0.203. The summed E-state index contributed by atoms with van der Waals surface area (Å²) in [7, 11) is 0. The molecule has 11 heteroatoms. The maximum absolute atomic E-state index is 10.9. The van der Waals surface area contributed by atoms with Gasteiger partial charge in [0.05, 0.1) is 30.4 Å². The monoisotopic (exact) mass is 467 g/mol. The van der Waals surface area contributed by atoms with Gasteiger partial charge in [0, 0.05) is 30.8 Å². The van der Waals surface area contributed by atoms with Gasteiger partial charge in [-0.2, -0.15) is 0 Å². The van der Waals surface area contributed by atoms with Crippen molar-refractivity contribution in [3.63, 3.8) is 0 Å². The third-order valence-corrected chi connectivity index (χ3v) is 6.16. The number of benzene rings is 2. The van der Waals surface area contributed by atoms with Crippen molar-refractivity contribution in [2.45, 2.75) is 6.10 Å². The van der Waals surface area contributed by atoms with Gasteiger partial charge in [-0.15, -0.1) is 10.2 Å². The summed E-state index contributed by atoms with van der Waals surface area (Å²) in [5.41, 5.74) is 2.17. The van der Waals surface area contributed by atoms with Crippen molar-refractivity contribution in [1.29, 1.82) is 0 Å². The maximum Gasteiger partial charge on any atom is 0.269 e. The second-order valence-corrected chi connectivity index (χ2v) is 8.47. The molecular formula is C22H21N5O5S. The highest BCUT2D eigenvalue weighted by atomic mass is 32.1. The molecule has 2 fully saturated rings. The predicted octanol–water partition coefficient (Wildman–Crippen LogP) is 4.75. The number of nitro groups is 1. The molecule has 0 saturated carbocycles. The molecule has 2 aromatic carbocycles. The first kappa shape index (κ1) is 21.4. The lowest BCUT2D eigenvalue weighted by Gasteiger charge is -2.25. The van der Waals surface area contributed by atoms with Crippen LogP contribution in [0.4, 0.5) is 21.5 Å². The zero-order valence-corrected chi connectivity index (χ0v) is 18.4. The van der Waals surface area contributed by atoms with E-state index in [1.807, 2.05) is 24.3 Å². The average molecular weight is 468 g/mol. The van der Waals surface area contributed by atoms with Crippen LogP contribution >= 0.6 is 11.3 Å². The highest BCUT2D eigenvalue weighted by Gasteiger charge is 2.23. The highest BCUT2D eigenvalue weighted by Crippen LogP contribution is 2.41. The zero-order valence-electron chi connectivity index (χ0n) is 17.6. The standard InChI is InChI=1S/C22H21N5O5S/c28-27(29)17-5-3-16(4-6-17)24-25-21-20(23-22(33-21)26-9-11-30-12-10-26)15-1-7-18(8-2-15)31-13-19-14-32-19/h1-8,19H,9-14H2/t19-/m1/s1. The number of epoxide rings is 1. The van der Waals surface area contributed by atoms with Crippen molar-refractivity contribution in [1.82, 2.24) is 4.98 Å². The average Bonchev–Trinajstić information content (AvgIpc) is 3.59. The normalized spacial score (nSPS) is 17.9. The minimum Gasteiger partial charge on any atom is -0.491 e. The van der Waals surface area contributed by atoms with Crippen molar-refractivity contribution in [2.75, 3.05) is 44.4 Å². The van der Waals surface area contributed by atoms with Crippen LogP contribution in [0.2, 0.25) is 0 Å². The molecule has 2 aliphatic heterocycles. The summed E-state index contributed by atoms with van der Waals surface area (Å²) in [4.78, 5) is 17.4. The van der Waals surface area contributed by atoms with Gasteiger partial charge in [-0.3, -0.25) is 10.1 Å². The van der Waals surface area contributed by atoms with Crippen molar-refractivity contribution in [2.24, 2.45) is 10.2 Å². The fraction of sp³-hybridized carbons (Fsp3) is 0.318. The topological polar surface area (TPSA) is 115 Å². The minimum absolute atomic E-state index is 0.0117. The number of azo groups is 1. The Kier molecular flexibility index (Phi) is 6.24. The second-order valence-electron chi connectivity index (χ2n) is 7.51. The molecule has 1 atom stereocenters. The van der Waals surface area contributed by atoms with Crippen LogP contribution in [0.1, 0.15) is 0 Å². The Morgan fingerprint density at radius 1 is 1.12 bits per heavy atom. The molecule has 0 amide bonds. The number of ether oxygens (including phenoxy) is 3. The number of aromatic nitrogens is 1. The first-order chi connectivity index (χ1) is 16.2. The van der Waals surface area contributed by atoms with Gasteiger partial charge in [-0.05, 0) is 36.4 Å².